The van der Waals surface area contributed by atoms with Gasteiger partial charge in [0.25, 0.3) is 0 Å². The van der Waals surface area contributed by atoms with Gasteiger partial charge >= 0.3 is 0 Å². The summed E-state index contributed by atoms with van der Waals surface area (Å²) in [5.41, 5.74) is 1.23. The monoisotopic (exact) mass is 278 g/mol. The minimum atomic E-state index is 0.353. The van der Waals surface area contributed by atoms with Crippen molar-refractivity contribution in [3.8, 4) is 5.75 Å². The lowest BCUT2D eigenvalue weighted by Gasteiger charge is -2.31. The largest absolute Gasteiger partial charge is 0.492 e. The fraction of sp³-hybridized carbons (Fsp3) is 0.688. The lowest BCUT2D eigenvalue weighted by molar-refractivity contribution is 0.0535. The molecule has 20 heavy (non-hydrogen) atoms. The zero-order valence-corrected chi connectivity index (χ0v) is 12.6. The van der Waals surface area contributed by atoms with Gasteiger partial charge in [-0.3, -0.25) is 4.98 Å². The van der Waals surface area contributed by atoms with E-state index in [0.29, 0.717) is 18.6 Å². The van der Waals surface area contributed by atoms with E-state index in [1.807, 2.05) is 13.1 Å². The smallest absolute Gasteiger partial charge is 0.137 e. The molecule has 1 atom stereocenters. The number of hydrogen-bond donors (Lipinski definition) is 1. The highest BCUT2D eigenvalue weighted by Gasteiger charge is 2.25. The van der Waals surface area contributed by atoms with Crippen LogP contribution in [0.4, 0.5) is 0 Å². The molecule has 0 amide bonds. The van der Waals surface area contributed by atoms with E-state index in [1.54, 1.807) is 6.20 Å². The van der Waals surface area contributed by atoms with E-state index >= 15 is 0 Å². The topological polar surface area (TPSA) is 43.4 Å². The minimum absolute atomic E-state index is 0.353. The third-order valence-corrected chi connectivity index (χ3v) is 3.76. The maximum absolute atomic E-state index is 5.57. The van der Waals surface area contributed by atoms with Gasteiger partial charge < -0.3 is 14.8 Å². The summed E-state index contributed by atoms with van der Waals surface area (Å²) in [5.74, 6) is 1.48. The zero-order chi connectivity index (χ0) is 14.2. The molecule has 1 aromatic rings. The van der Waals surface area contributed by atoms with Crippen LogP contribution in [-0.2, 0) is 4.74 Å². The molecule has 0 aliphatic carbocycles. The van der Waals surface area contributed by atoms with Crippen molar-refractivity contribution in [3.63, 3.8) is 0 Å². The van der Waals surface area contributed by atoms with E-state index in [0.717, 1.165) is 44.8 Å². The molecule has 0 bridgehead atoms. The maximum Gasteiger partial charge on any atom is 0.137 e. The Kier molecular flexibility index (Phi) is 6.27. The summed E-state index contributed by atoms with van der Waals surface area (Å²) in [7, 11) is 0. The van der Waals surface area contributed by atoms with Crippen LogP contribution in [0.15, 0.2) is 18.5 Å². The first-order valence-electron chi connectivity index (χ1n) is 7.74. The highest BCUT2D eigenvalue weighted by molar-refractivity contribution is 5.26. The number of nitrogens with zero attached hydrogens (tertiary/aromatic N) is 1. The van der Waals surface area contributed by atoms with Gasteiger partial charge in [0, 0.05) is 25.5 Å². The first-order valence-corrected chi connectivity index (χ1v) is 7.74. The second-order valence-corrected chi connectivity index (χ2v) is 5.27. The first-order chi connectivity index (χ1) is 9.85. The molecule has 0 spiro atoms. The predicted molar refractivity (Wildman–Crippen MR) is 80.0 cm³/mol. The van der Waals surface area contributed by atoms with E-state index in [1.165, 1.54) is 5.56 Å². The highest BCUT2D eigenvalue weighted by Crippen LogP contribution is 2.31. The van der Waals surface area contributed by atoms with Gasteiger partial charge in [-0.15, -0.1) is 0 Å². The lowest BCUT2D eigenvalue weighted by Crippen LogP contribution is -2.32. The molecule has 0 aromatic carbocycles. The molecular weight excluding hydrogens is 252 g/mol. The Balaban J connectivity index is 2.13. The van der Waals surface area contributed by atoms with Crippen LogP contribution in [0, 0.1) is 5.92 Å². The third-order valence-electron chi connectivity index (χ3n) is 3.76. The highest BCUT2D eigenvalue weighted by atomic mass is 16.5. The summed E-state index contributed by atoms with van der Waals surface area (Å²) in [6, 6.07) is 2.48. The van der Waals surface area contributed by atoms with Gasteiger partial charge in [-0.25, -0.2) is 0 Å². The minimum Gasteiger partial charge on any atom is -0.492 e. The first kappa shape index (κ1) is 15.3. The van der Waals surface area contributed by atoms with Crippen molar-refractivity contribution in [2.75, 3.05) is 26.4 Å². The fourth-order valence-electron chi connectivity index (χ4n) is 2.76. The number of aromatic nitrogens is 1. The molecule has 0 radical (unpaired) electrons. The van der Waals surface area contributed by atoms with Crippen LogP contribution in [0.5, 0.6) is 5.75 Å². The van der Waals surface area contributed by atoms with E-state index in [-0.39, 0.29) is 0 Å². The van der Waals surface area contributed by atoms with E-state index in [2.05, 4.69) is 23.3 Å². The Morgan fingerprint density at radius 2 is 2.15 bits per heavy atom. The van der Waals surface area contributed by atoms with Crippen molar-refractivity contribution in [2.45, 2.75) is 39.2 Å². The summed E-state index contributed by atoms with van der Waals surface area (Å²) in [4.78, 5) is 4.33. The van der Waals surface area contributed by atoms with E-state index in [4.69, 9.17) is 9.47 Å². The molecule has 1 aliphatic heterocycles. The second-order valence-electron chi connectivity index (χ2n) is 5.27. The van der Waals surface area contributed by atoms with Crippen molar-refractivity contribution < 1.29 is 9.47 Å². The molecule has 1 aromatic heterocycles. The van der Waals surface area contributed by atoms with Gasteiger partial charge in [-0.1, -0.05) is 6.92 Å². The van der Waals surface area contributed by atoms with Gasteiger partial charge in [0.05, 0.1) is 12.8 Å². The SMILES string of the molecule is CCCNC(c1cncc(OCC)c1)C1CCOCC1. The molecule has 1 aliphatic rings. The molecule has 4 nitrogen and oxygen atoms in total. The van der Waals surface area contributed by atoms with Crippen molar-refractivity contribution in [1.82, 2.24) is 10.3 Å². The maximum atomic E-state index is 5.57. The number of nitrogens with one attached hydrogen (secondary N) is 1. The number of hydrogen-bond acceptors (Lipinski definition) is 4. The van der Waals surface area contributed by atoms with Crippen LogP contribution in [-0.4, -0.2) is 31.3 Å². The summed E-state index contributed by atoms with van der Waals surface area (Å²) in [5, 5.41) is 3.67. The Hall–Kier alpha value is -1.13. The summed E-state index contributed by atoms with van der Waals surface area (Å²) >= 11 is 0. The molecule has 1 N–H and O–H groups in total. The number of rotatable bonds is 7. The quantitative estimate of drug-likeness (QED) is 0.833. The van der Waals surface area contributed by atoms with Crippen molar-refractivity contribution in [3.05, 3.63) is 24.0 Å². The molecule has 2 rings (SSSR count). The molecule has 1 saturated heterocycles. The van der Waals surface area contributed by atoms with Gasteiger partial charge in [0.1, 0.15) is 5.75 Å². The Morgan fingerprint density at radius 3 is 2.85 bits per heavy atom. The Labute approximate surface area is 121 Å². The van der Waals surface area contributed by atoms with Crippen LogP contribution in [0.2, 0.25) is 0 Å². The third kappa shape index (κ3) is 4.18. The van der Waals surface area contributed by atoms with Gasteiger partial charge in [-0.05, 0) is 50.3 Å². The van der Waals surface area contributed by atoms with E-state index < -0.39 is 0 Å². The van der Waals surface area contributed by atoms with E-state index in [9.17, 15) is 0 Å². The average molecular weight is 278 g/mol. The van der Waals surface area contributed by atoms with Crippen LogP contribution < -0.4 is 10.1 Å². The molecular formula is C16H26N2O2. The van der Waals surface area contributed by atoms with Crippen LogP contribution in [0.3, 0.4) is 0 Å². The standard InChI is InChI=1S/C16H26N2O2/c1-3-7-18-16(13-5-8-19-9-6-13)14-10-15(20-4-2)12-17-11-14/h10-13,16,18H,3-9H2,1-2H3. The molecule has 112 valence electrons. The second kappa shape index (κ2) is 8.22. The predicted octanol–water partition coefficient (Wildman–Crippen LogP) is 2.95. The summed E-state index contributed by atoms with van der Waals surface area (Å²) < 4.78 is 11.1. The molecule has 0 saturated carbocycles. The fourth-order valence-corrected chi connectivity index (χ4v) is 2.76. The van der Waals surface area contributed by atoms with Crippen molar-refractivity contribution >= 4 is 0 Å². The molecule has 4 heteroatoms. The van der Waals surface area contributed by atoms with Crippen LogP contribution in [0.1, 0.15) is 44.7 Å². The molecule has 1 fully saturated rings. The number of pyridine rings is 1. The van der Waals surface area contributed by atoms with Crippen LogP contribution in [0.25, 0.3) is 0 Å². The van der Waals surface area contributed by atoms with Gasteiger partial charge in [-0.2, -0.15) is 0 Å². The van der Waals surface area contributed by atoms with Crippen LogP contribution >= 0.6 is 0 Å². The van der Waals surface area contributed by atoms with Gasteiger partial charge in [0.2, 0.25) is 0 Å². The number of ether oxygens (including phenoxy) is 2. The zero-order valence-electron chi connectivity index (χ0n) is 12.6. The lowest BCUT2D eigenvalue weighted by atomic mass is 9.87. The average Bonchev–Trinajstić information content (AvgIpc) is 2.50. The van der Waals surface area contributed by atoms with Crippen molar-refractivity contribution in [2.24, 2.45) is 5.92 Å². The van der Waals surface area contributed by atoms with Gasteiger partial charge in [0.15, 0.2) is 0 Å². The Bertz CT molecular complexity index is 392. The Morgan fingerprint density at radius 1 is 1.35 bits per heavy atom. The molecule has 2 heterocycles. The summed E-state index contributed by atoms with van der Waals surface area (Å²) in [6.45, 7) is 7.64. The van der Waals surface area contributed by atoms with Crippen molar-refractivity contribution in [1.29, 1.82) is 0 Å². The molecule has 1 unspecified atom stereocenters. The summed E-state index contributed by atoms with van der Waals surface area (Å²) in [6.07, 6.45) is 7.11. The normalized spacial score (nSPS) is 17.9.